The number of rotatable bonds is 0. The predicted octanol–water partition coefficient (Wildman–Crippen LogP) is 2.12. The van der Waals surface area contributed by atoms with E-state index in [-0.39, 0.29) is 5.75 Å². The third-order valence-electron chi connectivity index (χ3n) is 2.08. The van der Waals surface area contributed by atoms with Gasteiger partial charge in [-0.1, -0.05) is 0 Å². The highest BCUT2D eigenvalue weighted by Crippen LogP contribution is 2.30. The highest BCUT2D eigenvalue weighted by molar-refractivity contribution is 9.13. The smallest absolute Gasteiger partial charge is 0.296 e. The van der Waals surface area contributed by atoms with E-state index in [9.17, 15) is 14.7 Å². The summed E-state index contributed by atoms with van der Waals surface area (Å²) in [7, 11) is 0. The Kier molecular flexibility index (Phi) is 2.86. The number of H-pyrrole nitrogens is 1. The van der Waals surface area contributed by atoms with Gasteiger partial charge in [0.25, 0.3) is 5.56 Å². The van der Waals surface area contributed by atoms with E-state index in [1.165, 1.54) is 0 Å². The minimum atomic E-state index is -0.777. The van der Waals surface area contributed by atoms with Crippen molar-refractivity contribution >= 4 is 42.8 Å². The maximum absolute atomic E-state index is 11.3. The van der Waals surface area contributed by atoms with E-state index >= 15 is 0 Å². The first-order valence-corrected chi connectivity index (χ1v) is 5.83. The maximum atomic E-state index is 11.3. The lowest BCUT2D eigenvalue weighted by molar-refractivity contribution is 0.481. The Morgan fingerprint density at radius 2 is 1.69 bits per heavy atom. The first-order chi connectivity index (χ1) is 7.49. The zero-order valence-electron chi connectivity index (χ0n) is 7.75. The molecular weight excluding hydrogens is 342 g/mol. The molecule has 2 N–H and O–H groups in total. The average Bonchev–Trinajstić information content (AvgIpc) is 2.30. The fourth-order valence-electron chi connectivity index (χ4n) is 1.31. The van der Waals surface area contributed by atoms with Crippen LogP contribution in [-0.2, 0) is 0 Å². The number of aromatic hydroxyl groups is 1. The van der Waals surface area contributed by atoms with Crippen LogP contribution in [0.1, 0.15) is 0 Å². The second-order valence-corrected chi connectivity index (χ2v) is 4.87. The molecule has 0 spiro atoms. The van der Waals surface area contributed by atoms with Crippen molar-refractivity contribution in [3.05, 3.63) is 47.7 Å². The van der Waals surface area contributed by atoms with Crippen LogP contribution in [0, 0.1) is 0 Å². The number of aromatic amines is 1. The Hall–Kier alpha value is -1.14. The van der Waals surface area contributed by atoms with E-state index in [0.717, 1.165) is 10.5 Å². The molecule has 0 aliphatic heterocycles. The molecule has 1 heterocycles. The number of hydrogen-bond acceptors (Lipinski definition) is 3. The summed E-state index contributed by atoms with van der Waals surface area (Å²) in [4.78, 5) is 24.9. The molecule has 0 atom stereocenters. The van der Waals surface area contributed by atoms with Crippen LogP contribution in [0.4, 0.5) is 0 Å². The summed E-state index contributed by atoms with van der Waals surface area (Å²) in [6.07, 6.45) is 0. The lowest BCUT2D eigenvalue weighted by atomic mass is 10.2. The van der Waals surface area contributed by atoms with Crippen LogP contribution in [0.25, 0.3) is 10.9 Å². The third kappa shape index (κ3) is 1.90. The van der Waals surface area contributed by atoms with Crippen LogP contribution in [-0.4, -0.2) is 10.1 Å². The Morgan fingerprint density at radius 3 is 2.38 bits per heavy atom. The van der Waals surface area contributed by atoms with Crippen LogP contribution in [0.15, 0.2) is 36.7 Å². The topological polar surface area (TPSA) is 70.2 Å². The molecule has 0 aliphatic rings. The molecule has 0 fully saturated rings. The van der Waals surface area contributed by atoms with Gasteiger partial charge in [-0.25, -0.2) is 0 Å². The normalized spacial score (nSPS) is 10.6. The summed E-state index contributed by atoms with van der Waals surface area (Å²) in [6.45, 7) is 0. The van der Waals surface area contributed by atoms with Crippen LogP contribution < -0.4 is 11.0 Å². The average molecular weight is 347 g/mol. The number of fused-ring (bicyclic) bond motifs is 1. The summed E-state index contributed by atoms with van der Waals surface area (Å²) in [5.74, 6) is -0.230. The van der Waals surface area contributed by atoms with Crippen LogP contribution in [0.3, 0.4) is 0 Å². The van der Waals surface area contributed by atoms with Crippen molar-refractivity contribution in [3.63, 3.8) is 0 Å². The van der Waals surface area contributed by atoms with E-state index in [4.69, 9.17) is 0 Å². The van der Waals surface area contributed by atoms with E-state index in [1.54, 1.807) is 12.1 Å². The SMILES string of the molecule is O=c1cc(O)c2cc(Br)c(Br)cc2[nH]c1=O. The minimum Gasteiger partial charge on any atom is -0.507 e. The molecule has 4 nitrogen and oxygen atoms in total. The summed E-state index contributed by atoms with van der Waals surface area (Å²) in [5, 5.41) is 10.1. The molecule has 6 heteroatoms. The molecule has 0 radical (unpaired) electrons. The number of nitrogens with one attached hydrogen (secondary N) is 1. The number of aromatic nitrogens is 1. The first kappa shape index (κ1) is 11.3. The van der Waals surface area contributed by atoms with Gasteiger partial charge in [0.1, 0.15) is 5.75 Å². The van der Waals surface area contributed by atoms with Crippen LogP contribution >= 0.6 is 31.9 Å². The Balaban J connectivity index is 3.10. The summed E-state index contributed by atoms with van der Waals surface area (Å²) < 4.78 is 1.43. The minimum absolute atomic E-state index is 0.230. The van der Waals surface area contributed by atoms with E-state index in [0.29, 0.717) is 15.4 Å². The zero-order valence-corrected chi connectivity index (χ0v) is 10.9. The maximum Gasteiger partial charge on any atom is 0.296 e. The third-order valence-corrected chi connectivity index (χ3v) is 3.92. The Bertz CT molecular complexity index is 694. The molecule has 2 aromatic rings. The van der Waals surface area contributed by atoms with E-state index in [2.05, 4.69) is 36.8 Å². The number of halogens is 2. The van der Waals surface area contributed by atoms with Crippen LogP contribution in [0.2, 0.25) is 0 Å². The van der Waals surface area contributed by atoms with Gasteiger partial charge in [0.2, 0.25) is 5.43 Å². The molecule has 0 saturated carbocycles. The van der Waals surface area contributed by atoms with Crippen molar-refractivity contribution in [2.24, 2.45) is 0 Å². The molecule has 16 heavy (non-hydrogen) atoms. The molecule has 0 unspecified atom stereocenters. The van der Waals surface area contributed by atoms with Gasteiger partial charge in [0.05, 0.1) is 5.52 Å². The van der Waals surface area contributed by atoms with E-state index < -0.39 is 11.0 Å². The zero-order chi connectivity index (χ0) is 11.9. The molecule has 82 valence electrons. The lowest BCUT2D eigenvalue weighted by Gasteiger charge is -1.99. The van der Waals surface area contributed by atoms with Gasteiger partial charge >= 0.3 is 0 Å². The largest absolute Gasteiger partial charge is 0.507 e. The Morgan fingerprint density at radius 1 is 1.06 bits per heavy atom. The van der Waals surface area contributed by atoms with Gasteiger partial charge < -0.3 is 10.1 Å². The van der Waals surface area contributed by atoms with Gasteiger partial charge in [-0.05, 0) is 44.0 Å². The number of benzene rings is 1. The highest BCUT2D eigenvalue weighted by atomic mass is 79.9. The fraction of sp³-hybridized carbons (Fsp3) is 0. The molecule has 1 aromatic carbocycles. The van der Waals surface area contributed by atoms with Crippen molar-refractivity contribution in [1.82, 2.24) is 4.98 Å². The molecule has 2 rings (SSSR count). The van der Waals surface area contributed by atoms with Crippen molar-refractivity contribution in [2.45, 2.75) is 0 Å². The second kappa shape index (κ2) is 4.03. The predicted molar refractivity (Wildman–Crippen MR) is 67.9 cm³/mol. The van der Waals surface area contributed by atoms with Crippen LogP contribution in [0.5, 0.6) is 5.75 Å². The summed E-state index contributed by atoms with van der Waals surface area (Å²) in [6, 6.07) is 4.13. The molecule has 0 aliphatic carbocycles. The monoisotopic (exact) mass is 345 g/mol. The number of hydrogen-bond donors (Lipinski definition) is 2. The molecule has 1 aromatic heterocycles. The molecule has 0 amide bonds. The molecule has 0 saturated heterocycles. The quantitative estimate of drug-likeness (QED) is 0.718. The summed E-state index contributed by atoms with van der Waals surface area (Å²) >= 11 is 6.55. The lowest BCUT2D eigenvalue weighted by Crippen LogP contribution is -2.22. The standard InChI is InChI=1S/C10H5Br2NO3/c11-5-1-4-7(2-6(5)12)13-10(16)9(15)3-8(4)14/h1-3,14H,(H,13,15,16). The first-order valence-electron chi connectivity index (χ1n) is 4.24. The van der Waals surface area contributed by atoms with Gasteiger partial charge in [-0.3, -0.25) is 9.59 Å². The van der Waals surface area contributed by atoms with Crippen molar-refractivity contribution < 1.29 is 5.11 Å². The van der Waals surface area contributed by atoms with Gasteiger partial charge in [0, 0.05) is 20.4 Å². The van der Waals surface area contributed by atoms with Gasteiger partial charge in [-0.2, -0.15) is 0 Å². The summed E-state index contributed by atoms with van der Waals surface area (Å²) in [5.41, 5.74) is -1.15. The fourth-order valence-corrected chi connectivity index (χ4v) is 2.00. The molecule has 0 bridgehead atoms. The van der Waals surface area contributed by atoms with Crippen molar-refractivity contribution in [2.75, 3.05) is 0 Å². The van der Waals surface area contributed by atoms with Gasteiger partial charge in [-0.15, -0.1) is 0 Å². The van der Waals surface area contributed by atoms with Crippen molar-refractivity contribution in [1.29, 1.82) is 0 Å². The van der Waals surface area contributed by atoms with E-state index in [1.807, 2.05) is 0 Å². The molecular formula is C10H5Br2NO3. The Labute approximate surface area is 106 Å². The second-order valence-electron chi connectivity index (χ2n) is 3.16. The highest BCUT2D eigenvalue weighted by Gasteiger charge is 2.05. The van der Waals surface area contributed by atoms with Crippen molar-refractivity contribution in [3.8, 4) is 5.75 Å². The van der Waals surface area contributed by atoms with Gasteiger partial charge in [0.15, 0.2) is 0 Å².